The van der Waals surface area contributed by atoms with Crippen molar-refractivity contribution >= 4 is 37.1 Å². The van der Waals surface area contributed by atoms with Gasteiger partial charge in [0.05, 0.1) is 22.0 Å². The molecular weight excluding hydrogens is 420 g/mol. The van der Waals surface area contributed by atoms with Crippen molar-refractivity contribution in [2.24, 2.45) is 0 Å². The van der Waals surface area contributed by atoms with E-state index in [1.807, 2.05) is 0 Å². The second-order valence-corrected chi connectivity index (χ2v) is 10.4. The highest BCUT2D eigenvalue weighted by Crippen LogP contribution is 2.27. The molecule has 0 atom stereocenters. The van der Waals surface area contributed by atoms with Crippen LogP contribution in [0.2, 0.25) is 5.02 Å². The first-order valence-corrected chi connectivity index (χ1v) is 11.9. The number of pyridine rings is 1. The van der Waals surface area contributed by atoms with Gasteiger partial charge in [0.25, 0.3) is 10.0 Å². The summed E-state index contributed by atoms with van der Waals surface area (Å²) in [5, 5.41) is 0.486. The zero-order chi connectivity index (χ0) is 20.4. The summed E-state index contributed by atoms with van der Waals surface area (Å²) in [7, 11) is -7.38. The molecule has 0 N–H and O–H groups in total. The van der Waals surface area contributed by atoms with Gasteiger partial charge in [-0.1, -0.05) is 17.7 Å². The third-order valence-corrected chi connectivity index (χ3v) is 7.17. The van der Waals surface area contributed by atoms with E-state index in [1.165, 1.54) is 28.6 Å². The van der Waals surface area contributed by atoms with Crippen LogP contribution < -0.4 is 4.31 Å². The zero-order valence-corrected chi connectivity index (χ0v) is 17.2. The molecule has 0 saturated heterocycles. The van der Waals surface area contributed by atoms with Gasteiger partial charge in [0.1, 0.15) is 0 Å². The minimum absolute atomic E-state index is 0.0151. The van der Waals surface area contributed by atoms with Crippen LogP contribution in [0.5, 0.6) is 0 Å². The maximum atomic E-state index is 13.3. The first-order chi connectivity index (χ1) is 13.2. The molecule has 0 bridgehead atoms. The van der Waals surface area contributed by atoms with E-state index in [1.54, 1.807) is 48.8 Å². The number of halogens is 1. The predicted octanol–water partition coefficient (Wildman–Crippen LogP) is 3.53. The van der Waals surface area contributed by atoms with E-state index < -0.39 is 19.9 Å². The second kappa shape index (κ2) is 7.90. The number of aromatic nitrogens is 1. The van der Waals surface area contributed by atoms with Gasteiger partial charge in [-0.25, -0.2) is 16.8 Å². The van der Waals surface area contributed by atoms with Crippen molar-refractivity contribution in [2.45, 2.75) is 16.3 Å². The molecule has 0 aliphatic carbocycles. The van der Waals surface area contributed by atoms with Crippen molar-refractivity contribution in [3.63, 3.8) is 0 Å². The molecule has 3 rings (SSSR count). The predicted molar refractivity (Wildman–Crippen MR) is 109 cm³/mol. The summed E-state index contributed by atoms with van der Waals surface area (Å²) in [6.45, 7) is 0.0611. The molecule has 0 saturated carbocycles. The first kappa shape index (κ1) is 20.3. The van der Waals surface area contributed by atoms with Crippen LogP contribution >= 0.6 is 11.6 Å². The fraction of sp³-hybridized carbons (Fsp3) is 0.105. The lowest BCUT2D eigenvalue weighted by atomic mass is 10.2. The largest absolute Gasteiger partial charge is 0.264 e. The average molecular weight is 437 g/mol. The van der Waals surface area contributed by atoms with Gasteiger partial charge in [0.2, 0.25) is 0 Å². The monoisotopic (exact) mass is 436 g/mol. The second-order valence-electron chi connectivity index (χ2n) is 6.09. The Hall–Kier alpha value is -2.42. The molecule has 1 heterocycles. The summed E-state index contributed by atoms with van der Waals surface area (Å²) < 4.78 is 51.1. The lowest BCUT2D eigenvalue weighted by Gasteiger charge is -2.24. The highest BCUT2D eigenvalue weighted by molar-refractivity contribution is 7.92. The molecule has 0 amide bonds. The van der Waals surface area contributed by atoms with Crippen LogP contribution in [-0.2, 0) is 26.4 Å². The maximum Gasteiger partial charge on any atom is 0.264 e. The Morgan fingerprint density at radius 1 is 0.893 bits per heavy atom. The Labute approximate surface area is 169 Å². The Morgan fingerprint density at radius 2 is 1.50 bits per heavy atom. The van der Waals surface area contributed by atoms with E-state index >= 15 is 0 Å². The zero-order valence-electron chi connectivity index (χ0n) is 14.9. The van der Waals surface area contributed by atoms with E-state index in [-0.39, 0.29) is 16.3 Å². The van der Waals surface area contributed by atoms with Gasteiger partial charge in [-0.15, -0.1) is 0 Å². The van der Waals surface area contributed by atoms with Crippen molar-refractivity contribution in [3.05, 3.63) is 83.6 Å². The molecule has 0 unspecified atom stereocenters. The molecule has 28 heavy (non-hydrogen) atoms. The Morgan fingerprint density at radius 3 is 2.04 bits per heavy atom. The topological polar surface area (TPSA) is 84.4 Å². The minimum Gasteiger partial charge on any atom is -0.264 e. The molecule has 2 aromatic carbocycles. The molecule has 0 spiro atoms. The molecule has 146 valence electrons. The van der Waals surface area contributed by atoms with Crippen LogP contribution in [0, 0.1) is 0 Å². The molecule has 0 fully saturated rings. The van der Waals surface area contributed by atoms with Gasteiger partial charge in [0.15, 0.2) is 9.84 Å². The molecule has 0 aliphatic rings. The smallest absolute Gasteiger partial charge is 0.264 e. The van der Waals surface area contributed by atoms with E-state index in [4.69, 9.17) is 11.6 Å². The van der Waals surface area contributed by atoms with E-state index in [0.717, 1.165) is 6.26 Å². The lowest BCUT2D eigenvalue weighted by Crippen LogP contribution is -2.30. The summed E-state index contributed by atoms with van der Waals surface area (Å²) >= 11 is 5.93. The summed E-state index contributed by atoms with van der Waals surface area (Å²) in [5.41, 5.74) is 1.13. The number of sulfone groups is 1. The lowest BCUT2D eigenvalue weighted by molar-refractivity contribution is 0.589. The molecular formula is C19H17ClN2O4S2. The van der Waals surface area contributed by atoms with Gasteiger partial charge < -0.3 is 0 Å². The van der Waals surface area contributed by atoms with Gasteiger partial charge in [0, 0.05) is 23.7 Å². The van der Waals surface area contributed by atoms with Gasteiger partial charge in [-0.3, -0.25) is 9.29 Å². The maximum absolute atomic E-state index is 13.3. The van der Waals surface area contributed by atoms with Crippen molar-refractivity contribution in [1.82, 2.24) is 4.98 Å². The van der Waals surface area contributed by atoms with E-state index in [2.05, 4.69) is 4.98 Å². The van der Waals surface area contributed by atoms with Crippen LogP contribution in [0.25, 0.3) is 0 Å². The van der Waals surface area contributed by atoms with Gasteiger partial charge in [-0.05, 0) is 60.2 Å². The number of anilines is 1. The van der Waals surface area contributed by atoms with Crippen LogP contribution in [-0.4, -0.2) is 28.1 Å². The average Bonchev–Trinajstić information content (AvgIpc) is 2.67. The van der Waals surface area contributed by atoms with Crippen molar-refractivity contribution in [3.8, 4) is 0 Å². The SMILES string of the molecule is CS(=O)(=O)c1ccc(S(=O)(=O)N(Cc2cccnc2)c2ccc(Cl)cc2)cc1. The Balaban J connectivity index is 2.06. The minimum atomic E-state index is -3.96. The van der Waals surface area contributed by atoms with Crippen molar-refractivity contribution in [1.29, 1.82) is 0 Å². The number of rotatable bonds is 6. The number of sulfonamides is 1. The summed E-state index contributed by atoms with van der Waals surface area (Å²) in [5.74, 6) is 0. The van der Waals surface area contributed by atoms with Crippen molar-refractivity contribution < 1.29 is 16.8 Å². The van der Waals surface area contributed by atoms with Crippen LogP contribution in [0.4, 0.5) is 5.69 Å². The van der Waals surface area contributed by atoms with Crippen LogP contribution in [0.15, 0.2) is 82.8 Å². The third-order valence-electron chi connectivity index (χ3n) is 4.00. The van der Waals surface area contributed by atoms with Gasteiger partial charge >= 0.3 is 0 Å². The fourth-order valence-corrected chi connectivity index (χ4v) is 4.78. The quantitative estimate of drug-likeness (QED) is 0.590. The Kier molecular flexibility index (Phi) is 5.74. The molecule has 0 radical (unpaired) electrons. The number of hydrogen-bond donors (Lipinski definition) is 0. The third kappa shape index (κ3) is 4.52. The summed E-state index contributed by atoms with van der Waals surface area (Å²) in [6.07, 6.45) is 4.26. The van der Waals surface area contributed by atoms with Crippen LogP contribution in [0.3, 0.4) is 0 Å². The molecule has 6 nitrogen and oxygen atoms in total. The summed E-state index contributed by atoms with van der Waals surface area (Å²) in [6, 6.07) is 15.1. The summed E-state index contributed by atoms with van der Waals surface area (Å²) in [4.78, 5) is 4.07. The molecule has 0 aliphatic heterocycles. The van der Waals surface area contributed by atoms with E-state index in [0.29, 0.717) is 16.3 Å². The highest BCUT2D eigenvalue weighted by Gasteiger charge is 2.26. The number of nitrogens with zero attached hydrogens (tertiary/aromatic N) is 2. The highest BCUT2D eigenvalue weighted by atomic mass is 35.5. The first-order valence-electron chi connectivity index (χ1n) is 8.15. The molecule has 9 heteroatoms. The molecule has 3 aromatic rings. The standard InChI is InChI=1S/C19H17ClN2O4S2/c1-27(23,24)18-8-10-19(11-9-18)28(25,26)22(14-15-3-2-12-21-13-15)17-6-4-16(20)5-7-17/h2-13H,14H2,1H3. The Bertz CT molecular complexity index is 1160. The van der Waals surface area contributed by atoms with Crippen molar-refractivity contribution in [2.75, 3.05) is 10.6 Å². The normalized spacial score (nSPS) is 11.9. The fourth-order valence-electron chi connectivity index (χ4n) is 2.57. The number of benzene rings is 2. The number of hydrogen-bond acceptors (Lipinski definition) is 5. The van der Waals surface area contributed by atoms with Gasteiger partial charge in [-0.2, -0.15) is 0 Å². The van der Waals surface area contributed by atoms with Crippen LogP contribution in [0.1, 0.15) is 5.56 Å². The van der Waals surface area contributed by atoms with E-state index in [9.17, 15) is 16.8 Å². The molecule has 1 aromatic heterocycles.